The van der Waals surface area contributed by atoms with Crippen LogP contribution in [0, 0.1) is 0 Å². The molecule has 0 atom stereocenters. The average Bonchev–Trinajstić information content (AvgIpc) is 2.54. The van der Waals surface area contributed by atoms with Gasteiger partial charge in [0.15, 0.2) is 5.11 Å². The van der Waals surface area contributed by atoms with Crippen LogP contribution in [0.15, 0.2) is 47.4 Å². The Bertz CT molecular complexity index is 849. The molecule has 0 amide bonds. The first kappa shape index (κ1) is 19.2. The van der Waals surface area contributed by atoms with Crippen molar-refractivity contribution in [2.45, 2.75) is 31.1 Å². The molecule has 0 aliphatic heterocycles. The predicted molar refractivity (Wildman–Crippen MR) is 107 cm³/mol. The molecule has 0 saturated heterocycles. The molecule has 2 aromatic carbocycles. The highest BCUT2D eigenvalue weighted by molar-refractivity contribution is 7.89. The summed E-state index contributed by atoms with van der Waals surface area (Å²) in [6.07, 6.45) is 2.47. The number of hydrogen-bond acceptors (Lipinski definition) is 4. The summed E-state index contributed by atoms with van der Waals surface area (Å²) in [6.45, 7) is 2.05. The van der Waals surface area contributed by atoms with Crippen molar-refractivity contribution >= 4 is 44.4 Å². The van der Waals surface area contributed by atoms with Gasteiger partial charge in [-0.1, -0.05) is 25.5 Å². The highest BCUT2D eigenvalue weighted by Gasteiger charge is 2.19. The zero-order valence-corrected chi connectivity index (χ0v) is 15.6. The second-order valence-corrected chi connectivity index (χ2v) is 7.55. The predicted octanol–water partition coefficient (Wildman–Crippen LogP) is 3.07. The minimum Gasteiger partial charge on any atom is -0.399 e. The second-order valence-electron chi connectivity index (χ2n) is 5.64. The van der Waals surface area contributed by atoms with Crippen molar-refractivity contribution < 1.29 is 8.42 Å². The first-order valence-corrected chi connectivity index (χ1v) is 9.85. The van der Waals surface area contributed by atoms with E-state index in [0.29, 0.717) is 23.4 Å². The summed E-state index contributed by atoms with van der Waals surface area (Å²) in [6, 6.07) is 12.2. The maximum atomic E-state index is 12.1. The Morgan fingerprint density at radius 2 is 1.80 bits per heavy atom. The molecule has 25 heavy (non-hydrogen) atoms. The maximum absolute atomic E-state index is 12.1. The largest absolute Gasteiger partial charge is 0.399 e. The number of benzene rings is 2. The lowest BCUT2D eigenvalue weighted by Gasteiger charge is -2.16. The number of anilines is 3. The van der Waals surface area contributed by atoms with Crippen LogP contribution in [0.25, 0.3) is 0 Å². The number of sulfonamides is 1. The summed E-state index contributed by atoms with van der Waals surface area (Å²) in [7, 11) is -3.89. The maximum Gasteiger partial charge on any atom is 0.240 e. The number of hydrogen-bond donors (Lipinski definition) is 4. The molecule has 0 saturated carbocycles. The number of nitrogen functional groups attached to an aromatic ring is 1. The minimum absolute atomic E-state index is 0.0879. The van der Waals surface area contributed by atoms with Gasteiger partial charge in [0.25, 0.3) is 0 Å². The van der Waals surface area contributed by atoms with E-state index in [2.05, 4.69) is 10.6 Å². The molecule has 0 aliphatic rings. The Morgan fingerprint density at radius 3 is 2.40 bits per heavy atom. The zero-order chi connectivity index (χ0) is 18.4. The van der Waals surface area contributed by atoms with E-state index in [4.69, 9.17) is 23.1 Å². The van der Waals surface area contributed by atoms with Crippen molar-refractivity contribution in [1.29, 1.82) is 0 Å². The summed E-state index contributed by atoms with van der Waals surface area (Å²) < 4.78 is 24.2. The minimum atomic E-state index is -3.89. The van der Waals surface area contributed by atoms with Crippen molar-refractivity contribution in [3.8, 4) is 0 Å². The first-order valence-electron chi connectivity index (χ1n) is 7.89. The third-order valence-corrected chi connectivity index (χ3v) is 4.85. The molecule has 2 aromatic rings. The standard InChI is InChI=1S/C17H22N4O2S2/c1-2-3-5-12-6-4-7-15(16(12)25(19,22)23)21-17(24)20-14-10-8-13(18)9-11-14/h4,6-11H,2-3,5,18H2,1H3,(H2,19,22,23)(H2,20,21,24). The van der Waals surface area contributed by atoms with E-state index in [0.717, 1.165) is 18.5 Å². The van der Waals surface area contributed by atoms with Crippen LogP contribution in [0.3, 0.4) is 0 Å². The highest BCUT2D eigenvalue weighted by atomic mass is 32.2. The van der Waals surface area contributed by atoms with Crippen molar-refractivity contribution in [2.24, 2.45) is 5.14 Å². The van der Waals surface area contributed by atoms with E-state index in [9.17, 15) is 8.42 Å². The molecular formula is C17H22N4O2S2. The molecule has 0 heterocycles. The van der Waals surface area contributed by atoms with Crippen molar-refractivity contribution in [3.05, 3.63) is 48.0 Å². The fraction of sp³-hybridized carbons (Fsp3) is 0.235. The zero-order valence-electron chi connectivity index (χ0n) is 14.0. The molecule has 0 fully saturated rings. The van der Waals surface area contributed by atoms with E-state index in [1.165, 1.54) is 0 Å². The second kappa shape index (κ2) is 8.28. The molecule has 0 aliphatic carbocycles. The van der Waals surface area contributed by atoms with Gasteiger partial charge < -0.3 is 16.4 Å². The molecule has 0 spiro atoms. The van der Waals surface area contributed by atoms with Crippen molar-refractivity contribution in [2.75, 3.05) is 16.4 Å². The van der Waals surface area contributed by atoms with Gasteiger partial charge in [0, 0.05) is 11.4 Å². The lowest BCUT2D eigenvalue weighted by molar-refractivity contribution is 0.596. The molecule has 6 N–H and O–H groups in total. The lowest BCUT2D eigenvalue weighted by Crippen LogP contribution is -2.23. The normalized spacial score (nSPS) is 11.1. The molecule has 8 heteroatoms. The molecule has 0 bridgehead atoms. The molecule has 134 valence electrons. The molecule has 0 aromatic heterocycles. The first-order chi connectivity index (χ1) is 11.8. The van der Waals surface area contributed by atoms with Crippen molar-refractivity contribution in [1.82, 2.24) is 0 Å². The number of unbranched alkanes of at least 4 members (excludes halogenated alkanes) is 1. The smallest absolute Gasteiger partial charge is 0.240 e. The van der Waals surface area contributed by atoms with E-state index < -0.39 is 10.0 Å². The van der Waals surface area contributed by atoms with Gasteiger partial charge in [-0.3, -0.25) is 0 Å². The fourth-order valence-electron chi connectivity index (χ4n) is 2.43. The van der Waals surface area contributed by atoms with Gasteiger partial charge in [-0.2, -0.15) is 0 Å². The van der Waals surface area contributed by atoms with E-state index in [1.54, 1.807) is 42.5 Å². The van der Waals surface area contributed by atoms with Crippen LogP contribution in [0.2, 0.25) is 0 Å². The summed E-state index contributed by atoms with van der Waals surface area (Å²) in [5, 5.41) is 11.6. The van der Waals surface area contributed by atoms with Gasteiger partial charge in [0.05, 0.1) is 5.69 Å². The number of nitrogens with two attached hydrogens (primary N) is 2. The van der Waals surface area contributed by atoms with Gasteiger partial charge >= 0.3 is 0 Å². The summed E-state index contributed by atoms with van der Waals surface area (Å²) in [5.74, 6) is 0. The van der Waals surface area contributed by atoms with Crippen LogP contribution in [-0.2, 0) is 16.4 Å². The van der Waals surface area contributed by atoms with Crippen LogP contribution >= 0.6 is 12.2 Å². The van der Waals surface area contributed by atoms with E-state index >= 15 is 0 Å². The van der Waals surface area contributed by atoms with Crippen LogP contribution in [0.5, 0.6) is 0 Å². The molecule has 0 radical (unpaired) electrons. The van der Waals surface area contributed by atoms with Crippen LogP contribution in [-0.4, -0.2) is 13.5 Å². The number of thiocarbonyl (C=S) groups is 1. The number of primary sulfonamides is 1. The third kappa shape index (κ3) is 5.42. The Labute approximate surface area is 153 Å². The quantitative estimate of drug-likeness (QED) is 0.454. The summed E-state index contributed by atoms with van der Waals surface area (Å²) in [4.78, 5) is 0.0879. The molecule has 0 unspecified atom stereocenters. The monoisotopic (exact) mass is 378 g/mol. The van der Waals surface area contributed by atoms with Crippen LogP contribution < -0.4 is 21.5 Å². The number of rotatable bonds is 6. The Kier molecular flexibility index (Phi) is 6.35. The van der Waals surface area contributed by atoms with Gasteiger partial charge in [-0.15, -0.1) is 0 Å². The fourth-order valence-corrected chi connectivity index (χ4v) is 3.62. The Hall–Kier alpha value is -2.16. The highest BCUT2D eigenvalue weighted by Crippen LogP contribution is 2.26. The summed E-state index contributed by atoms with van der Waals surface area (Å²) >= 11 is 5.28. The van der Waals surface area contributed by atoms with Crippen LogP contribution in [0.1, 0.15) is 25.3 Å². The van der Waals surface area contributed by atoms with Gasteiger partial charge in [0.1, 0.15) is 4.90 Å². The van der Waals surface area contributed by atoms with E-state index in [-0.39, 0.29) is 10.0 Å². The topological polar surface area (TPSA) is 110 Å². The molecule has 6 nitrogen and oxygen atoms in total. The SMILES string of the molecule is CCCCc1cccc(NC(=S)Nc2ccc(N)cc2)c1S(N)(=O)=O. The van der Waals surface area contributed by atoms with Gasteiger partial charge in [-0.25, -0.2) is 13.6 Å². The van der Waals surface area contributed by atoms with Crippen LogP contribution in [0.4, 0.5) is 17.1 Å². The summed E-state index contributed by atoms with van der Waals surface area (Å²) in [5.41, 5.74) is 8.08. The lowest BCUT2D eigenvalue weighted by atomic mass is 10.1. The van der Waals surface area contributed by atoms with E-state index in [1.807, 2.05) is 6.92 Å². The van der Waals surface area contributed by atoms with Crippen molar-refractivity contribution in [3.63, 3.8) is 0 Å². The molecule has 2 rings (SSSR count). The van der Waals surface area contributed by atoms with Gasteiger partial charge in [0.2, 0.25) is 10.0 Å². The number of nitrogens with one attached hydrogen (secondary N) is 2. The third-order valence-electron chi connectivity index (χ3n) is 3.60. The number of aryl methyl sites for hydroxylation is 1. The van der Waals surface area contributed by atoms with Gasteiger partial charge in [-0.05, 0) is 61.0 Å². The Balaban J connectivity index is 2.25. The molecular weight excluding hydrogens is 356 g/mol. The average molecular weight is 379 g/mol. The Morgan fingerprint density at radius 1 is 1.12 bits per heavy atom.